The van der Waals surface area contributed by atoms with E-state index in [4.69, 9.17) is 11.6 Å². The average Bonchev–Trinajstić information content (AvgIpc) is 2.70. The van der Waals surface area contributed by atoms with E-state index in [9.17, 15) is 5.11 Å². The van der Waals surface area contributed by atoms with Crippen molar-refractivity contribution in [2.24, 2.45) is 5.92 Å². The topological polar surface area (TPSA) is 45.1 Å². The number of nitrogens with zero attached hydrogens (tertiary/aromatic N) is 1. The van der Waals surface area contributed by atoms with Gasteiger partial charge in [0.05, 0.1) is 5.52 Å². The Morgan fingerprint density at radius 3 is 2.74 bits per heavy atom. The maximum absolute atomic E-state index is 11.4. The lowest BCUT2D eigenvalue weighted by molar-refractivity contribution is -0.0454. The van der Waals surface area contributed by atoms with Crippen molar-refractivity contribution in [3.8, 4) is 11.1 Å². The Morgan fingerprint density at radius 2 is 1.96 bits per heavy atom. The molecule has 3 nitrogen and oxygen atoms in total. The molecule has 2 unspecified atom stereocenters. The van der Waals surface area contributed by atoms with Gasteiger partial charge >= 0.3 is 0 Å². The van der Waals surface area contributed by atoms with E-state index in [1.54, 1.807) is 0 Å². The summed E-state index contributed by atoms with van der Waals surface area (Å²) >= 11 is 6.05. The lowest BCUT2D eigenvalue weighted by Gasteiger charge is -2.41. The average molecular weight is 381 g/mol. The fourth-order valence-corrected chi connectivity index (χ4v) is 4.38. The summed E-state index contributed by atoms with van der Waals surface area (Å²) in [6.45, 7) is 3.79. The summed E-state index contributed by atoms with van der Waals surface area (Å²) in [5.41, 5.74) is 3.27. The number of benzene rings is 2. The second-order valence-electron chi connectivity index (χ2n) is 7.51. The van der Waals surface area contributed by atoms with Gasteiger partial charge in [0.15, 0.2) is 0 Å². The van der Waals surface area contributed by atoms with Crippen LogP contribution in [0.2, 0.25) is 5.02 Å². The largest absolute Gasteiger partial charge is 0.384 e. The van der Waals surface area contributed by atoms with Gasteiger partial charge in [-0.2, -0.15) is 0 Å². The Morgan fingerprint density at radius 1 is 1.15 bits per heavy atom. The van der Waals surface area contributed by atoms with Crippen molar-refractivity contribution in [3.63, 3.8) is 0 Å². The van der Waals surface area contributed by atoms with E-state index in [1.807, 2.05) is 24.4 Å². The zero-order valence-electron chi connectivity index (χ0n) is 15.6. The molecule has 0 bridgehead atoms. The van der Waals surface area contributed by atoms with Crippen LogP contribution >= 0.6 is 11.6 Å². The van der Waals surface area contributed by atoms with Crippen LogP contribution in [-0.2, 0) is 5.60 Å². The molecule has 1 aromatic heterocycles. The highest BCUT2D eigenvalue weighted by Crippen LogP contribution is 2.37. The van der Waals surface area contributed by atoms with Gasteiger partial charge in [0.25, 0.3) is 0 Å². The van der Waals surface area contributed by atoms with E-state index < -0.39 is 5.60 Å². The van der Waals surface area contributed by atoms with E-state index in [-0.39, 0.29) is 0 Å². The van der Waals surface area contributed by atoms with Crippen molar-refractivity contribution < 1.29 is 5.11 Å². The minimum atomic E-state index is -0.787. The van der Waals surface area contributed by atoms with E-state index in [2.05, 4.69) is 47.6 Å². The standard InChI is InChI=1S/C23H25ClN2O/c1-2-3-19-10-11-25-15-23(19,27)20-7-4-16(5-8-20)18-12-17-6-9-21(24)13-22(17)26-14-18/h4-9,12-14,19,25,27H,2-3,10-11,15H2,1H3. The Balaban J connectivity index is 1.64. The highest BCUT2D eigenvalue weighted by molar-refractivity contribution is 6.31. The molecule has 27 heavy (non-hydrogen) atoms. The molecule has 1 aliphatic rings. The third-order valence-corrected chi connectivity index (χ3v) is 5.98. The molecule has 0 spiro atoms. The minimum Gasteiger partial charge on any atom is -0.384 e. The third kappa shape index (κ3) is 3.60. The van der Waals surface area contributed by atoms with E-state index in [0.717, 1.165) is 53.4 Å². The van der Waals surface area contributed by atoms with Crippen LogP contribution in [0.15, 0.2) is 54.7 Å². The minimum absolute atomic E-state index is 0.307. The second-order valence-corrected chi connectivity index (χ2v) is 7.95. The molecule has 1 saturated heterocycles. The number of fused-ring (bicyclic) bond motifs is 1. The van der Waals surface area contributed by atoms with Gasteiger partial charge < -0.3 is 10.4 Å². The summed E-state index contributed by atoms with van der Waals surface area (Å²) in [5.74, 6) is 0.307. The number of rotatable bonds is 4. The molecule has 2 atom stereocenters. The summed E-state index contributed by atoms with van der Waals surface area (Å²) in [7, 11) is 0. The van der Waals surface area contributed by atoms with Crippen LogP contribution in [0.3, 0.4) is 0 Å². The summed E-state index contributed by atoms with van der Waals surface area (Å²) in [5, 5.41) is 16.5. The van der Waals surface area contributed by atoms with Crippen molar-refractivity contribution in [2.75, 3.05) is 13.1 Å². The number of pyridine rings is 1. The first-order valence-corrected chi connectivity index (χ1v) is 10.1. The van der Waals surface area contributed by atoms with Gasteiger partial charge in [-0.25, -0.2) is 0 Å². The van der Waals surface area contributed by atoms with Gasteiger partial charge in [0.2, 0.25) is 0 Å². The number of β-amino-alcohol motifs (C(OH)–C–C–N with tert-alkyl or cyclic N) is 1. The Kier molecular flexibility index (Phi) is 5.18. The SMILES string of the molecule is CCCC1CCNCC1(O)c1ccc(-c2cnc3cc(Cl)ccc3c2)cc1. The lowest BCUT2D eigenvalue weighted by Crippen LogP contribution is -2.49. The maximum atomic E-state index is 11.4. The molecular weight excluding hydrogens is 356 g/mol. The van der Waals surface area contributed by atoms with Gasteiger partial charge in [0.1, 0.15) is 5.60 Å². The van der Waals surface area contributed by atoms with Crippen molar-refractivity contribution >= 4 is 22.5 Å². The zero-order valence-corrected chi connectivity index (χ0v) is 16.3. The number of halogens is 1. The molecule has 4 rings (SSSR count). The van der Waals surface area contributed by atoms with Gasteiger partial charge in [-0.3, -0.25) is 4.98 Å². The molecule has 3 aromatic rings. The summed E-state index contributed by atoms with van der Waals surface area (Å²) in [4.78, 5) is 4.54. The van der Waals surface area contributed by atoms with Crippen LogP contribution in [0.4, 0.5) is 0 Å². The van der Waals surface area contributed by atoms with Gasteiger partial charge in [-0.15, -0.1) is 0 Å². The van der Waals surface area contributed by atoms with Crippen molar-refractivity contribution in [3.05, 3.63) is 65.3 Å². The number of hydrogen-bond donors (Lipinski definition) is 2. The van der Waals surface area contributed by atoms with Crippen LogP contribution in [0.5, 0.6) is 0 Å². The van der Waals surface area contributed by atoms with Crippen molar-refractivity contribution in [1.82, 2.24) is 10.3 Å². The molecule has 2 N–H and O–H groups in total. The molecule has 2 heterocycles. The van der Waals surface area contributed by atoms with Gasteiger partial charge in [-0.1, -0.05) is 55.3 Å². The third-order valence-electron chi connectivity index (χ3n) is 5.74. The number of aliphatic hydroxyl groups is 1. The van der Waals surface area contributed by atoms with Crippen LogP contribution in [0, 0.1) is 5.92 Å². The van der Waals surface area contributed by atoms with Crippen molar-refractivity contribution in [2.45, 2.75) is 31.8 Å². The van der Waals surface area contributed by atoms with E-state index in [0.29, 0.717) is 17.5 Å². The van der Waals surface area contributed by atoms with Crippen LogP contribution in [0.1, 0.15) is 31.7 Å². The molecular formula is C23H25ClN2O. The smallest absolute Gasteiger partial charge is 0.105 e. The molecule has 140 valence electrons. The van der Waals surface area contributed by atoms with Crippen LogP contribution < -0.4 is 5.32 Å². The number of piperidine rings is 1. The fourth-order valence-electron chi connectivity index (χ4n) is 4.21. The predicted molar refractivity (Wildman–Crippen MR) is 112 cm³/mol. The predicted octanol–water partition coefficient (Wildman–Crippen LogP) is 5.15. The summed E-state index contributed by atoms with van der Waals surface area (Å²) in [6, 6.07) is 16.2. The highest BCUT2D eigenvalue weighted by Gasteiger charge is 2.39. The first-order valence-electron chi connectivity index (χ1n) is 9.69. The summed E-state index contributed by atoms with van der Waals surface area (Å²) < 4.78 is 0. The van der Waals surface area contributed by atoms with Crippen molar-refractivity contribution in [1.29, 1.82) is 0 Å². The van der Waals surface area contributed by atoms with E-state index >= 15 is 0 Å². The molecule has 2 aromatic carbocycles. The highest BCUT2D eigenvalue weighted by atomic mass is 35.5. The number of nitrogens with one attached hydrogen (secondary N) is 1. The van der Waals surface area contributed by atoms with Crippen LogP contribution in [-0.4, -0.2) is 23.2 Å². The molecule has 4 heteroatoms. The molecule has 0 aliphatic carbocycles. The quantitative estimate of drug-likeness (QED) is 0.657. The maximum Gasteiger partial charge on any atom is 0.105 e. The fraction of sp³-hybridized carbons (Fsp3) is 0.348. The molecule has 1 aliphatic heterocycles. The normalized spacial score (nSPS) is 22.9. The second kappa shape index (κ2) is 7.59. The molecule has 1 fully saturated rings. The first-order chi connectivity index (χ1) is 13.1. The van der Waals surface area contributed by atoms with E-state index in [1.165, 1.54) is 0 Å². The number of aromatic nitrogens is 1. The molecule has 0 amide bonds. The first kappa shape index (κ1) is 18.4. The Hall–Kier alpha value is -1.94. The lowest BCUT2D eigenvalue weighted by atomic mass is 9.75. The van der Waals surface area contributed by atoms with Gasteiger partial charge in [0, 0.05) is 28.7 Å². The number of hydrogen-bond acceptors (Lipinski definition) is 3. The molecule has 0 saturated carbocycles. The zero-order chi connectivity index (χ0) is 18.9. The van der Waals surface area contributed by atoms with Crippen LogP contribution in [0.25, 0.3) is 22.0 Å². The van der Waals surface area contributed by atoms with Gasteiger partial charge in [-0.05, 0) is 54.6 Å². The summed E-state index contributed by atoms with van der Waals surface area (Å²) in [6.07, 6.45) is 5.04. The monoisotopic (exact) mass is 380 g/mol. The Labute approximate surface area is 165 Å². The Bertz CT molecular complexity index is 939. The molecule has 0 radical (unpaired) electrons.